The van der Waals surface area contributed by atoms with Crippen LogP contribution in [-0.4, -0.2) is 16.8 Å². The number of rotatable bonds is 5. The molecule has 1 N–H and O–H groups in total. The average molecular weight is 267 g/mol. The zero-order chi connectivity index (χ0) is 13.8. The van der Waals surface area contributed by atoms with Gasteiger partial charge in [0.05, 0.1) is 19.3 Å². The zero-order valence-electron chi connectivity index (χ0n) is 11.4. The first-order valence-electron chi connectivity index (χ1n) is 6.65. The van der Waals surface area contributed by atoms with Crippen molar-refractivity contribution in [1.82, 2.24) is 15.1 Å². The molecule has 0 aliphatic rings. The highest BCUT2D eigenvalue weighted by atomic mass is 16.3. The first kappa shape index (κ1) is 12.7. The van der Waals surface area contributed by atoms with E-state index in [1.165, 1.54) is 5.56 Å². The predicted molar refractivity (Wildman–Crippen MR) is 78.2 cm³/mol. The Kier molecular flexibility index (Phi) is 3.65. The summed E-state index contributed by atoms with van der Waals surface area (Å²) in [6.45, 7) is 1.39. The standard InChI is InChI=1S/C16H17N3O/c1-17-10-15-7-8-16(20-15)12-19-11-14(9-18-19)13-5-3-2-4-6-13/h2-9,11,17H,10,12H2,1H3. The lowest BCUT2D eigenvalue weighted by molar-refractivity contribution is 0.436. The van der Waals surface area contributed by atoms with Crippen LogP contribution >= 0.6 is 0 Å². The van der Waals surface area contributed by atoms with Crippen molar-refractivity contribution < 1.29 is 4.42 Å². The van der Waals surface area contributed by atoms with Crippen molar-refractivity contribution in [3.63, 3.8) is 0 Å². The van der Waals surface area contributed by atoms with Crippen LogP contribution in [0.3, 0.4) is 0 Å². The van der Waals surface area contributed by atoms with Crippen molar-refractivity contribution in [2.24, 2.45) is 0 Å². The molecule has 0 amide bonds. The molecule has 20 heavy (non-hydrogen) atoms. The monoisotopic (exact) mass is 267 g/mol. The largest absolute Gasteiger partial charge is 0.463 e. The molecule has 0 aliphatic heterocycles. The summed E-state index contributed by atoms with van der Waals surface area (Å²) in [7, 11) is 1.90. The van der Waals surface area contributed by atoms with E-state index in [2.05, 4.69) is 22.5 Å². The van der Waals surface area contributed by atoms with E-state index in [0.717, 1.165) is 23.6 Å². The maximum Gasteiger partial charge on any atom is 0.125 e. The van der Waals surface area contributed by atoms with Gasteiger partial charge in [-0.3, -0.25) is 4.68 Å². The molecule has 0 fully saturated rings. The van der Waals surface area contributed by atoms with Crippen LogP contribution in [0.4, 0.5) is 0 Å². The lowest BCUT2D eigenvalue weighted by atomic mass is 10.1. The first-order valence-corrected chi connectivity index (χ1v) is 6.65. The van der Waals surface area contributed by atoms with E-state index in [9.17, 15) is 0 Å². The van der Waals surface area contributed by atoms with Crippen LogP contribution in [-0.2, 0) is 13.1 Å². The third-order valence-corrected chi connectivity index (χ3v) is 3.13. The van der Waals surface area contributed by atoms with Crippen molar-refractivity contribution in [3.05, 3.63) is 66.4 Å². The SMILES string of the molecule is CNCc1ccc(Cn2cc(-c3ccccc3)cn2)o1. The summed E-state index contributed by atoms with van der Waals surface area (Å²) in [5.41, 5.74) is 2.29. The third-order valence-electron chi connectivity index (χ3n) is 3.13. The zero-order valence-corrected chi connectivity index (χ0v) is 11.4. The van der Waals surface area contributed by atoms with Gasteiger partial charge in [0.25, 0.3) is 0 Å². The highest BCUT2D eigenvalue weighted by molar-refractivity contribution is 5.61. The first-order chi connectivity index (χ1) is 9.85. The highest BCUT2D eigenvalue weighted by Crippen LogP contribution is 2.18. The molecular weight excluding hydrogens is 250 g/mol. The molecule has 3 aromatic rings. The lowest BCUT2D eigenvalue weighted by Gasteiger charge is -1.98. The van der Waals surface area contributed by atoms with Crippen LogP contribution in [0.15, 0.2) is 59.3 Å². The number of nitrogens with zero attached hydrogens (tertiary/aromatic N) is 2. The Labute approximate surface area is 118 Å². The van der Waals surface area contributed by atoms with Crippen molar-refractivity contribution in [2.45, 2.75) is 13.1 Å². The van der Waals surface area contributed by atoms with Crippen molar-refractivity contribution in [1.29, 1.82) is 0 Å². The second-order valence-corrected chi connectivity index (χ2v) is 4.69. The molecule has 102 valence electrons. The van der Waals surface area contributed by atoms with Gasteiger partial charge in [0.1, 0.15) is 11.5 Å². The van der Waals surface area contributed by atoms with Gasteiger partial charge in [0.2, 0.25) is 0 Å². The lowest BCUT2D eigenvalue weighted by Crippen LogP contribution is -2.03. The maximum atomic E-state index is 5.72. The molecule has 0 radical (unpaired) electrons. The predicted octanol–water partition coefficient (Wildman–Crippen LogP) is 2.91. The van der Waals surface area contributed by atoms with Crippen molar-refractivity contribution >= 4 is 0 Å². The number of benzene rings is 1. The van der Waals surface area contributed by atoms with Gasteiger partial charge in [0, 0.05) is 11.8 Å². The van der Waals surface area contributed by atoms with Gasteiger partial charge in [0.15, 0.2) is 0 Å². The van der Waals surface area contributed by atoms with E-state index in [-0.39, 0.29) is 0 Å². The van der Waals surface area contributed by atoms with Gasteiger partial charge >= 0.3 is 0 Å². The van der Waals surface area contributed by atoms with Crippen LogP contribution in [0.2, 0.25) is 0 Å². The van der Waals surface area contributed by atoms with E-state index in [0.29, 0.717) is 6.54 Å². The van der Waals surface area contributed by atoms with Gasteiger partial charge in [-0.1, -0.05) is 30.3 Å². The van der Waals surface area contributed by atoms with E-state index in [1.807, 2.05) is 54.5 Å². The normalized spacial score (nSPS) is 10.8. The van der Waals surface area contributed by atoms with E-state index < -0.39 is 0 Å². The van der Waals surface area contributed by atoms with Crippen molar-refractivity contribution in [2.75, 3.05) is 7.05 Å². The number of hydrogen-bond donors (Lipinski definition) is 1. The molecule has 0 atom stereocenters. The summed E-state index contributed by atoms with van der Waals surface area (Å²) < 4.78 is 7.61. The molecule has 4 heteroatoms. The fraction of sp³-hybridized carbons (Fsp3) is 0.188. The summed E-state index contributed by atoms with van der Waals surface area (Å²) in [6.07, 6.45) is 3.92. The van der Waals surface area contributed by atoms with Crippen LogP contribution in [0.1, 0.15) is 11.5 Å². The van der Waals surface area contributed by atoms with E-state index >= 15 is 0 Å². The molecule has 3 rings (SSSR count). The van der Waals surface area contributed by atoms with E-state index in [1.54, 1.807) is 0 Å². The van der Waals surface area contributed by atoms with Crippen LogP contribution < -0.4 is 5.32 Å². The molecule has 0 saturated heterocycles. The molecular formula is C16H17N3O. The minimum absolute atomic E-state index is 0.649. The number of furan rings is 1. The Balaban J connectivity index is 1.73. The molecule has 1 aromatic carbocycles. The van der Waals surface area contributed by atoms with Crippen LogP contribution in [0.5, 0.6) is 0 Å². The summed E-state index contributed by atoms with van der Waals surface area (Å²) >= 11 is 0. The molecule has 0 saturated carbocycles. The fourth-order valence-corrected chi connectivity index (χ4v) is 2.17. The Bertz CT molecular complexity index is 670. The quantitative estimate of drug-likeness (QED) is 0.773. The molecule has 0 aliphatic carbocycles. The van der Waals surface area contributed by atoms with Gasteiger partial charge in [-0.05, 0) is 24.7 Å². The Morgan fingerprint density at radius 3 is 2.65 bits per heavy atom. The second-order valence-electron chi connectivity index (χ2n) is 4.69. The van der Waals surface area contributed by atoms with Crippen molar-refractivity contribution in [3.8, 4) is 11.1 Å². The fourth-order valence-electron chi connectivity index (χ4n) is 2.17. The minimum Gasteiger partial charge on any atom is -0.463 e. The Morgan fingerprint density at radius 1 is 1.05 bits per heavy atom. The van der Waals surface area contributed by atoms with Crippen LogP contribution in [0, 0.1) is 0 Å². The molecule has 0 spiro atoms. The average Bonchev–Trinajstić information content (AvgIpc) is 3.11. The van der Waals surface area contributed by atoms with Gasteiger partial charge in [-0.25, -0.2) is 0 Å². The Morgan fingerprint density at radius 2 is 1.85 bits per heavy atom. The molecule has 0 unspecified atom stereocenters. The summed E-state index contributed by atoms with van der Waals surface area (Å²) in [6, 6.07) is 14.2. The molecule has 4 nitrogen and oxygen atoms in total. The van der Waals surface area contributed by atoms with Crippen LogP contribution in [0.25, 0.3) is 11.1 Å². The molecule has 2 heterocycles. The Hall–Kier alpha value is -2.33. The maximum absolute atomic E-state index is 5.72. The van der Waals surface area contributed by atoms with E-state index in [4.69, 9.17) is 4.42 Å². The third kappa shape index (κ3) is 2.81. The van der Waals surface area contributed by atoms with Gasteiger partial charge < -0.3 is 9.73 Å². The summed E-state index contributed by atoms with van der Waals surface area (Å²) in [4.78, 5) is 0. The second kappa shape index (κ2) is 5.75. The summed E-state index contributed by atoms with van der Waals surface area (Å²) in [5.74, 6) is 1.86. The van der Waals surface area contributed by atoms with Gasteiger partial charge in [-0.15, -0.1) is 0 Å². The highest BCUT2D eigenvalue weighted by Gasteiger charge is 2.05. The number of nitrogens with one attached hydrogen (secondary N) is 1. The molecule has 2 aromatic heterocycles. The topological polar surface area (TPSA) is 43.0 Å². The smallest absolute Gasteiger partial charge is 0.125 e. The number of aromatic nitrogens is 2. The molecule has 0 bridgehead atoms. The number of hydrogen-bond acceptors (Lipinski definition) is 3. The minimum atomic E-state index is 0.649. The van der Waals surface area contributed by atoms with Gasteiger partial charge in [-0.2, -0.15) is 5.10 Å². The summed E-state index contributed by atoms with van der Waals surface area (Å²) in [5, 5.41) is 7.45.